The van der Waals surface area contributed by atoms with E-state index >= 15 is 0 Å². The number of nitrogens with two attached hydrogens (primary N) is 1. The summed E-state index contributed by atoms with van der Waals surface area (Å²) in [5.74, 6) is 1.54. The van der Waals surface area contributed by atoms with Gasteiger partial charge in [-0.15, -0.1) is 0 Å². The Balaban J connectivity index is 1.45. The van der Waals surface area contributed by atoms with Crippen LogP contribution in [0.4, 0.5) is 0 Å². The number of likely N-dealkylation sites (tertiary alicyclic amines) is 2. The zero-order valence-electron chi connectivity index (χ0n) is 16.1. The predicted molar refractivity (Wildman–Crippen MR) is 108 cm³/mol. The van der Waals surface area contributed by atoms with Gasteiger partial charge in [0.15, 0.2) is 0 Å². The van der Waals surface area contributed by atoms with Crippen LogP contribution in [0.2, 0.25) is 0 Å². The van der Waals surface area contributed by atoms with Crippen LogP contribution < -0.4 is 5.73 Å². The molecule has 0 aliphatic carbocycles. The molecule has 3 heteroatoms. The molecule has 0 unspecified atom stereocenters. The van der Waals surface area contributed by atoms with Gasteiger partial charge in [0, 0.05) is 32.2 Å². The highest BCUT2D eigenvalue weighted by atomic mass is 15.2. The third kappa shape index (κ3) is 3.44. The number of hydrogen-bond acceptors (Lipinski definition) is 3. The summed E-state index contributed by atoms with van der Waals surface area (Å²) in [6.45, 7) is 7.70. The first-order valence-electron chi connectivity index (χ1n) is 9.91. The number of benzene rings is 2. The average molecular weight is 350 g/mol. The van der Waals surface area contributed by atoms with Gasteiger partial charge in [0.25, 0.3) is 0 Å². The maximum atomic E-state index is 5.65. The Bertz CT molecular complexity index is 739. The van der Waals surface area contributed by atoms with Crippen molar-refractivity contribution in [2.24, 2.45) is 17.6 Å². The predicted octanol–water partition coefficient (Wildman–Crippen LogP) is 3.23. The van der Waals surface area contributed by atoms with E-state index in [9.17, 15) is 0 Å². The van der Waals surface area contributed by atoms with E-state index in [1.54, 1.807) is 0 Å². The van der Waals surface area contributed by atoms with Gasteiger partial charge in [-0.1, -0.05) is 48.5 Å². The Kier molecular flexibility index (Phi) is 5.12. The number of hydrogen-bond donors (Lipinski definition) is 1. The molecule has 26 heavy (non-hydrogen) atoms. The molecule has 0 radical (unpaired) electrons. The first-order valence-corrected chi connectivity index (χ1v) is 9.91. The molecule has 2 heterocycles. The van der Waals surface area contributed by atoms with Crippen molar-refractivity contribution in [1.82, 2.24) is 9.80 Å². The van der Waals surface area contributed by atoms with Crippen LogP contribution in [0.1, 0.15) is 28.3 Å². The molecule has 2 aliphatic rings. The molecule has 2 aliphatic heterocycles. The Morgan fingerprint density at radius 1 is 0.962 bits per heavy atom. The van der Waals surface area contributed by atoms with Crippen LogP contribution in [0.3, 0.4) is 0 Å². The maximum Gasteiger partial charge on any atom is 0.0391 e. The monoisotopic (exact) mass is 349 g/mol. The lowest BCUT2D eigenvalue weighted by Gasteiger charge is -2.28. The first-order chi connectivity index (χ1) is 12.7. The summed E-state index contributed by atoms with van der Waals surface area (Å²) < 4.78 is 0. The van der Waals surface area contributed by atoms with Crippen molar-refractivity contribution >= 4 is 0 Å². The number of nitrogens with zero attached hydrogens (tertiary/aromatic N) is 2. The van der Waals surface area contributed by atoms with Crippen LogP contribution in [0.15, 0.2) is 48.5 Å². The van der Waals surface area contributed by atoms with Gasteiger partial charge in [0.05, 0.1) is 0 Å². The van der Waals surface area contributed by atoms with Crippen LogP contribution in [-0.2, 0) is 13.0 Å². The smallest absolute Gasteiger partial charge is 0.0391 e. The van der Waals surface area contributed by atoms with Crippen molar-refractivity contribution in [3.63, 3.8) is 0 Å². The van der Waals surface area contributed by atoms with Gasteiger partial charge in [0.1, 0.15) is 0 Å². The second kappa shape index (κ2) is 7.51. The highest BCUT2D eigenvalue weighted by Gasteiger charge is 2.46. The zero-order chi connectivity index (χ0) is 18.1. The van der Waals surface area contributed by atoms with Gasteiger partial charge in [-0.25, -0.2) is 0 Å². The second-order valence-corrected chi connectivity index (χ2v) is 8.21. The van der Waals surface area contributed by atoms with E-state index < -0.39 is 0 Å². The Labute approximate surface area is 157 Å². The lowest BCUT2D eigenvalue weighted by atomic mass is 9.88. The topological polar surface area (TPSA) is 32.5 Å². The Hall–Kier alpha value is -1.68. The number of rotatable bonds is 5. The van der Waals surface area contributed by atoms with Gasteiger partial charge in [-0.3, -0.25) is 9.80 Å². The molecule has 2 aromatic rings. The summed E-state index contributed by atoms with van der Waals surface area (Å²) >= 11 is 0. The third-order valence-corrected chi connectivity index (χ3v) is 6.34. The zero-order valence-corrected chi connectivity index (χ0v) is 16.1. The van der Waals surface area contributed by atoms with Crippen LogP contribution in [0.5, 0.6) is 0 Å². The second-order valence-electron chi connectivity index (χ2n) is 8.21. The molecule has 3 atom stereocenters. The number of fused-ring (bicyclic) bond motifs is 1. The molecule has 4 rings (SSSR count). The molecule has 0 bridgehead atoms. The molecular weight excluding hydrogens is 318 g/mol. The molecular formula is C23H31N3. The summed E-state index contributed by atoms with van der Waals surface area (Å²) in [5, 5.41) is 0. The van der Waals surface area contributed by atoms with Gasteiger partial charge < -0.3 is 5.73 Å². The highest BCUT2D eigenvalue weighted by molar-refractivity contribution is 5.31. The van der Waals surface area contributed by atoms with Crippen molar-refractivity contribution in [2.75, 3.05) is 33.2 Å². The van der Waals surface area contributed by atoms with Crippen molar-refractivity contribution in [1.29, 1.82) is 0 Å². The molecule has 2 N–H and O–H groups in total. The van der Waals surface area contributed by atoms with Crippen molar-refractivity contribution < 1.29 is 0 Å². The third-order valence-electron chi connectivity index (χ3n) is 6.34. The maximum absolute atomic E-state index is 5.65. The molecule has 0 saturated carbocycles. The Morgan fingerprint density at radius 3 is 2.42 bits per heavy atom. The van der Waals surface area contributed by atoms with E-state index in [4.69, 9.17) is 5.73 Å². The van der Waals surface area contributed by atoms with Crippen molar-refractivity contribution in [3.05, 3.63) is 70.8 Å². The standard InChI is InChI=1S/C23H31N3/c1-17-5-3-4-6-21(17)23-22-16-26(15-20(22)14-25(23)2)13-19-9-7-18(8-10-19)11-12-24/h3-10,20,22-23H,11-16,24H2,1-2H3/t20-,22+,23-/m0/s1. The van der Waals surface area contributed by atoms with Crippen LogP contribution in [0, 0.1) is 18.8 Å². The summed E-state index contributed by atoms with van der Waals surface area (Å²) in [7, 11) is 2.30. The van der Waals surface area contributed by atoms with Gasteiger partial charge in [0.2, 0.25) is 0 Å². The fourth-order valence-electron chi connectivity index (χ4n) is 5.10. The lowest BCUT2D eigenvalue weighted by molar-refractivity contribution is 0.224. The lowest BCUT2D eigenvalue weighted by Crippen LogP contribution is -2.29. The van der Waals surface area contributed by atoms with Crippen molar-refractivity contribution in [2.45, 2.75) is 25.9 Å². The quantitative estimate of drug-likeness (QED) is 0.899. The molecule has 2 aromatic carbocycles. The Morgan fingerprint density at radius 2 is 1.69 bits per heavy atom. The summed E-state index contributed by atoms with van der Waals surface area (Å²) in [6, 6.07) is 18.5. The summed E-state index contributed by atoms with van der Waals surface area (Å²) in [5.41, 5.74) is 11.4. The van der Waals surface area contributed by atoms with Gasteiger partial charge in [-0.05, 0) is 61.0 Å². The summed E-state index contributed by atoms with van der Waals surface area (Å²) in [4.78, 5) is 5.24. The van der Waals surface area contributed by atoms with E-state index in [0.29, 0.717) is 6.04 Å². The summed E-state index contributed by atoms with van der Waals surface area (Å²) in [6.07, 6.45) is 0.971. The minimum atomic E-state index is 0.568. The van der Waals surface area contributed by atoms with E-state index in [1.165, 1.54) is 41.9 Å². The van der Waals surface area contributed by atoms with Gasteiger partial charge >= 0.3 is 0 Å². The minimum absolute atomic E-state index is 0.568. The molecule has 138 valence electrons. The SMILES string of the molecule is Cc1ccccc1[C@H]1[C@@H]2CN(Cc3ccc(CCN)cc3)C[C@@H]2CN1C. The van der Waals surface area contributed by atoms with E-state index in [0.717, 1.165) is 31.3 Å². The van der Waals surface area contributed by atoms with Crippen LogP contribution in [-0.4, -0.2) is 43.0 Å². The van der Waals surface area contributed by atoms with Crippen LogP contribution in [0.25, 0.3) is 0 Å². The number of aryl methyl sites for hydroxylation is 1. The fraction of sp³-hybridized carbons (Fsp3) is 0.478. The van der Waals surface area contributed by atoms with E-state index in [-0.39, 0.29) is 0 Å². The largest absolute Gasteiger partial charge is 0.330 e. The average Bonchev–Trinajstić information content (AvgIpc) is 3.13. The van der Waals surface area contributed by atoms with Crippen molar-refractivity contribution in [3.8, 4) is 0 Å². The highest BCUT2D eigenvalue weighted by Crippen LogP contribution is 2.45. The molecule has 3 nitrogen and oxygen atoms in total. The molecule has 0 spiro atoms. The molecule has 2 fully saturated rings. The minimum Gasteiger partial charge on any atom is -0.330 e. The molecule has 0 aromatic heterocycles. The van der Waals surface area contributed by atoms with E-state index in [1.807, 2.05) is 0 Å². The molecule has 0 amide bonds. The van der Waals surface area contributed by atoms with E-state index in [2.05, 4.69) is 72.3 Å². The fourth-order valence-corrected chi connectivity index (χ4v) is 5.10. The van der Waals surface area contributed by atoms with Gasteiger partial charge in [-0.2, -0.15) is 0 Å². The first kappa shape index (κ1) is 17.7. The molecule has 2 saturated heterocycles. The normalized spacial score (nSPS) is 26.3. The van der Waals surface area contributed by atoms with Crippen LogP contribution >= 0.6 is 0 Å².